The molecule has 8 nitrogen and oxygen atoms in total. The molecule has 0 bridgehead atoms. The van der Waals surface area contributed by atoms with Crippen molar-refractivity contribution in [3.63, 3.8) is 0 Å². The zero-order chi connectivity index (χ0) is 23.3. The fourth-order valence-corrected chi connectivity index (χ4v) is 5.34. The third-order valence-electron chi connectivity index (χ3n) is 5.60. The van der Waals surface area contributed by atoms with E-state index in [0.717, 1.165) is 19.3 Å². The van der Waals surface area contributed by atoms with E-state index in [-0.39, 0.29) is 23.4 Å². The maximum absolute atomic E-state index is 13.6. The largest absolute Gasteiger partial charge is 0.495 e. The molecule has 1 saturated heterocycles. The molecule has 172 valence electrons. The van der Waals surface area contributed by atoms with Crippen LogP contribution in [0.4, 0.5) is 5.69 Å². The van der Waals surface area contributed by atoms with Crippen LogP contribution in [0.5, 0.6) is 5.75 Å². The Kier molecular flexibility index (Phi) is 7.52. The molecule has 1 aliphatic rings. The smallest absolute Gasteiger partial charge is 0.258 e. The van der Waals surface area contributed by atoms with Crippen molar-refractivity contribution in [3.05, 3.63) is 53.6 Å². The number of methoxy groups -OCH3 is 1. The summed E-state index contributed by atoms with van der Waals surface area (Å²) in [4.78, 5) is 26.5. The topological polar surface area (TPSA) is 110 Å². The van der Waals surface area contributed by atoms with E-state index < -0.39 is 21.8 Å². The van der Waals surface area contributed by atoms with Crippen molar-refractivity contribution in [3.8, 4) is 5.75 Å². The molecule has 0 atom stereocenters. The average Bonchev–Trinajstić information content (AvgIpc) is 2.80. The van der Waals surface area contributed by atoms with Gasteiger partial charge in [0.15, 0.2) is 0 Å². The average molecular weight is 460 g/mol. The second-order valence-corrected chi connectivity index (χ2v) is 9.72. The lowest BCUT2D eigenvalue weighted by Crippen LogP contribution is -2.36. The van der Waals surface area contributed by atoms with Crippen LogP contribution in [0.25, 0.3) is 0 Å². The van der Waals surface area contributed by atoms with Gasteiger partial charge in [-0.25, -0.2) is 8.42 Å². The van der Waals surface area contributed by atoms with Gasteiger partial charge < -0.3 is 15.4 Å². The lowest BCUT2D eigenvalue weighted by molar-refractivity contribution is -0.117. The summed E-state index contributed by atoms with van der Waals surface area (Å²) >= 11 is 0. The molecule has 1 heterocycles. The highest BCUT2D eigenvalue weighted by molar-refractivity contribution is 7.89. The number of anilines is 1. The molecule has 2 aromatic rings. The summed E-state index contributed by atoms with van der Waals surface area (Å²) < 4.78 is 33.2. The van der Waals surface area contributed by atoms with Gasteiger partial charge >= 0.3 is 0 Å². The second-order valence-electron chi connectivity index (χ2n) is 7.79. The minimum absolute atomic E-state index is 0.0388. The number of ether oxygens (including phenoxy) is 1. The number of hydrogen-bond donors (Lipinski definition) is 1. The van der Waals surface area contributed by atoms with E-state index >= 15 is 0 Å². The van der Waals surface area contributed by atoms with Gasteiger partial charge in [-0.3, -0.25) is 9.59 Å². The minimum Gasteiger partial charge on any atom is -0.495 e. The van der Waals surface area contributed by atoms with Crippen molar-refractivity contribution in [1.82, 2.24) is 4.31 Å². The van der Waals surface area contributed by atoms with Gasteiger partial charge in [-0.2, -0.15) is 4.31 Å². The lowest BCUT2D eigenvalue weighted by atomic mass is 10.1. The summed E-state index contributed by atoms with van der Waals surface area (Å²) in [7, 11) is -2.21. The molecule has 0 aliphatic carbocycles. The van der Waals surface area contributed by atoms with E-state index in [9.17, 15) is 18.0 Å². The quantitative estimate of drug-likeness (QED) is 0.653. The number of primary amides is 1. The summed E-state index contributed by atoms with van der Waals surface area (Å²) in [5.74, 6) is -0.514. The summed E-state index contributed by atoms with van der Waals surface area (Å²) in [6.07, 6.45) is 2.61. The number of benzene rings is 2. The molecule has 3 rings (SSSR count). The van der Waals surface area contributed by atoms with Gasteiger partial charge in [0.25, 0.3) is 5.91 Å². The Morgan fingerprint density at radius 1 is 1.09 bits per heavy atom. The predicted molar refractivity (Wildman–Crippen MR) is 122 cm³/mol. The number of piperidine rings is 1. The molecule has 0 aromatic heterocycles. The number of nitrogens with two attached hydrogens (primary N) is 1. The Labute approximate surface area is 189 Å². The molecule has 0 unspecified atom stereocenters. The van der Waals surface area contributed by atoms with Crippen LogP contribution in [0, 0.1) is 6.92 Å². The Bertz CT molecular complexity index is 1090. The van der Waals surface area contributed by atoms with E-state index in [1.54, 1.807) is 37.3 Å². The van der Waals surface area contributed by atoms with Crippen LogP contribution in [0.1, 0.15) is 41.6 Å². The fourth-order valence-electron chi connectivity index (χ4n) is 3.80. The highest BCUT2D eigenvalue weighted by Gasteiger charge is 2.29. The van der Waals surface area contributed by atoms with E-state index in [1.807, 2.05) is 0 Å². The SMILES string of the molecule is COc1ccccc1N(CCC(N)=O)C(=O)c1cc(S(=O)(=O)N2CCCCC2)ccc1C. The normalized spacial score (nSPS) is 14.7. The number of carbonyl (C=O) groups is 2. The minimum atomic E-state index is -3.70. The van der Waals surface area contributed by atoms with Gasteiger partial charge in [-0.05, 0) is 49.6 Å². The molecule has 0 spiro atoms. The van der Waals surface area contributed by atoms with E-state index in [2.05, 4.69) is 0 Å². The maximum Gasteiger partial charge on any atom is 0.258 e. The second kappa shape index (κ2) is 10.1. The third kappa shape index (κ3) is 5.11. The first-order valence-electron chi connectivity index (χ1n) is 10.6. The van der Waals surface area contributed by atoms with Crippen LogP contribution in [0.3, 0.4) is 0 Å². The number of aryl methyl sites for hydroxylation is 1. The Morgan fingerprint density at radius 3 is 2.44 bits per heavy atom. The van der Waals surface area contributed by atoms with Crippen molar-refractivity contribution in [1.29, 1.82) is 0 Å². The van der Waals surface area contributed by atoms with E-state index in [0.29, 0.717) is 30.1 Å². The summed E-state index contributed by atoms with van der Waals surface area (Å²) in [5.41, 5.74) is 6.69. The van der Waals surface area contributed by atoms with Gasteiger partial charge in [0.2, 0.25) is 15.9 Å². The van der Waals surface area contributed by atoms with Crippen LogP contribution in [-0.2, 0) is 14.8 Å². The van der Waals surface area contributed by atoms with Crippen molar-refractivity contribution in [2.45, 2.75) is 37.5 Å². The molecule has 2 aromatic carbocycles. The van der Waals surface area contributed by atoms with Crippen LogP contribution >= 0.6 is 0 Å². The van der Waals surface area contributed by atoms with Gasteiger partial charge in [0, 0.05) is 31.6 Å². The number of para-hydroxylation sites is 2. The van der Waals surface area contributed by atoms with Crippen molar-refractivity contribution >= 4 is 27.5 Å². The van der Waals surface area contributed by atoms with Crippen LogP contribution < -0.4 is 15.4 Å². The van der Waals surface area contributed by atoms with Crippen molar-refractivity contribution in [2.24, 2.45) is 5.73 Å². The first-order chi connectivity index (χ1) is 15.3. The Morgan fingerprint density at radius 2 is 1.78 bits per heavy atom. The molecular formula is C23H29N3O5S. The first kappa shape index (κ1) is 23.7. The first-order valence-corrected chi connectivity index (χ1v) is 12.0. The molecule has 0 radical (unpaired) electrons. The number of hydrogen-bond acceptors (Lipinski definition) is 5. The predicted octanol–water partition coefficient (Wildman–Crippen LogP) is 2.70. The molecule has 9 heteroatoms. The zero-order valence-corrected chi connectivity index (χ0v) is 19.2. The number of amides is 2. The number of carbonyl (C=O) groups excluding carboxylic acids is 2. The standard InChI is InChI=1S/C23H29N3O5S/c1-17-10-11-18(32(29,30)25-13-6-3-7-14-25)16-19(17)23(28)26(15-12-22(24)27)20-8-4-5-9-21(20)31-2/h4-5,8-11,16H,3,6-7,12-15H2,1-2H3,(H2,24,27). The highest BCUT2D eigenvalue weighted by Crippen LogP contribution is 2.30. The summed E-state index contributed by atoms with van der Waals surface area (Å²) in [6.45, 7) is 2.74. The highest BCUT2D eigenvalue weighted by atomic mass is 32.2. The van der Waals surface area contributed by atoms with Crippen LogP contribution in [0.2, 0.25) is 0 Å². The van der Waals surface area contributed by atoms with E-state index in [1.165, 1.54) is 28.4 Å². The number of rotatable bonds is 8. The Hall–Kier alpha value is -2.91. The number of nitrogens with zero attached hydrogens (tertiary/aromatic N) is 2. The van der Waals surface area contributed by atoms with Gasteiger partial charge in [0.05, 0.1) is 17.7 Å². The summed E-state index contributed by atoms with van der Waals surface area (Å²) in [5, 5.41) is 0. The molecule has 32 heavy (non-hydrogen) atoms. The molecule has 2 amide bonds. The molecule has 1 fully saturated rings. The molecule has 1 aliphatic heterocycles. The van der Waals surface area contributed by atoms with Crippen molar-refractivity contribution in [2.75, 3.05) is 31.6 Å². The van der Waals surface area contributed by atoms with Gasteiger partial charge in [-0.15, -0.1) is 0 Å². The monoisotopic (exact) mass is 459 g/mol. The lowest BCUT2D eigenvalue weighted by Gasteiger charge is -2.27. The van der Waals surface area contributed by atoms with Crippen LogP contribution in [-0.4, -0.2) is 51.3 Å². The summed E-state index contributed by atoms with van der Waals surface area (Å²) in [6, 6.07) is 11.5. The third-order valence-corrected chi connectivity index (χ3v) is 7.49. The maximum atomic E-state index is 13.6. The number of sulfonamides is 1. The Balaban J connectivity index is 2.02. The van der Waals surface area contributed by atoms with Gasteiger partial charge in [0.1, 0.15) is 5.75 Å². The van der Waals surface area contributed by atoms with Crippen LogP contribution in [0.15, 0.2) is 47.4 Å². The van der Waals surface area contributed by atoms with E-state index in [4.69, 9.17) is 10.5 Å². The molecule has 0 saturated carbocycles. The van der Waals surface area contributed by atoms with Crippen molar-refractivity contribution < 1.29 is 22.7 Å². The molecular weight excluding hydrogens is 430 g/mol. The fraction of sp³-hybridized carbons (Fsp3) is 0.391. The van der Waals surface area contributed by atoms with Gasteiger partial charge in [-0.1, -0.05) is 24.6 Å². The zero-order valence-electron chi connectivity index (χ0n) is 18.4. The molecule has 2 N–H and O–H groups in total.